The highest BCUT2D eigenvalue weighted by molar-refractivity contribution is 7.92. The number of ether oxygens (including phenoxy) is 1. The lowest BCUT2D eigenvalue weighted by atomic mass is 9.97. The fourth-order valence-corrected chi connectivity index (χ4v) is 14.7. The zero-order valence-electron chi connectivity index (χ0n) is 47.3. The van der Waals surface area contributed by atoms with Crippen LogP contribution in [0, 0.1) is 0 Å². The molecular formula is C58H66ClN9O13S4. The molecule has 27 heteroatoms. The van der Waals surface area contributed by atoms with Gasteiger partial charge in [0.1, 0.15) is 12.1 Å². The number of piperidine rings is 2. The van der Waals surface area contributed by atoms with Crippen LogP contribution in [-0.4, -0.2) is 129 Å². The maximum atomic E-state index is 13.2. The number of aliphatic carboxylic acids is 1. The number of halogens is 1. The Bertz CT molecular complexity index is 3720. The summed E-state index contributed by atoms with van der Waals surface area (Å²) >= 11 is 3.09. The van der Waals surface area contributed by atoms with Gasteiger partial charge in [-0.1, -0.05) is 31.2 Å². The molecule has 4 aromatic carbocycles. The Balaban J connectivity index is 0.000000227. The van der Waals surface area contributed by atoms with E-state index in [-0.39, 0.29) is 96.4 Å². The molecule has 0 radical (unpaired) electrons. The van der Waals surface area contributed by atoms with Gasteiger partial charge in [-0.05, 0) is 127 Å². The molecule has 4 aliphatic rings. The third-order valence-corrected chi connectivity index (χ3v) is 19.9. The van der Waals surface area contributed by atoms with E-state index < -0.39 is 55.1 Å². The topological polar surface area (TPSA) is 310 Å². The third-order valence-electron chi connectivity index (χ3n) is 13.8. The number of thiazole rings is 2. The zero-order chi connectivity index (χ0) is 60.5. The lowest BCUT2D eigenvalue weighted by Crippen LogP contribution is -2.45. The summed E-state index contributed by atoms with van der Waals surface area (Å²) in [6.07, 6.45) is 7.58. The minimum absolute atomic E-state index is 0. The fraction of sp³-hybridized carbons (Fsp3) is 0.362. The molecule has 4 aliphatic heterocycles. The van der Waals surface area contributed by atoms with Crippen LogP contribution in [0.15, 0.2) is 117 Å². The molecule has 85 heavy (non-hydrogen) atoms. The van der Waals surface area contributed by atoms with Crippen molar-refractivity contribution in [2.75, 3.05) is 50.4 Å². The van der Waals surface area contributed by atoms with Crippen LogP contribution in [0.4, 0.5) is 16.2 Å². The number of nitrogens with one attached hydrogen (secondary N) is 5. The van der Waals surface area contributed by atoms with Crippen LogP contribution >= 0.6 is 35.1 Å². The lowest BCUT2D eigenvalue weighted by molar-refractivity contribution is -0.137. The highest BCUT2D eigenvalue weighted by Gasteiger charge is 2.34. The molecule has 452 valence electrons. The van der Waals surface area contributed by atoms with E-state index in [0.29, 0.717) is 32.0 Å². The molecule has 6 N–H and O–H groups in total. The second kappa shape index (κ2) is 28.1. The number of carbonyl (C=O) groups excluding carboxylic acids is 6. The maximum absolute atomic E-state index is 13.2. The molecular weight excluding hydrogens is 1190 g/mol. The number of carbonyl (C=O) groups is 7. The number of hydrogen-bond donors (Lipinski definition) is 6. The van der Waals surface area contributed by atoms with Gasteiger partial charge in [0.15, 0.2) is 0 Å². The summed E-state index contributed by atoms with van der Waals surface area (Å²) in [5.41, 5.74) is 0.0897. The fourth-order valence-electron chi connectivity index (χ4n) is 9.49. The molecule has 6 amide bonds. The van der Waals surface area contributed by atoms with Crippen LogP contribution < -0.4 is 26.6 Å². The summed E-state index contributed by atoms with van der Waals surface area (Å²) in [6.45, 7) is 10.7. The van der Waals surface area contributed by atoms with Crippen molar-refractivity contribution < 1.29 is 60.2 Å². The number of nitrogens with zero attached hydrogens (tertiary/aromatic N) is 4. The van der Waals surface area contributed by atoms with Gasteiger partial charge in [-0.25, -0.2) is 31.6 Å². The number of carboxylic acids is 1. The van der Waals surface area contributed by atoms with Crippen molar-refractivity contribution >= 4 is 108 Å². The van der Waals surface area contributed by atoms with Gasteiger partial charge in [-0.2, -0.15) is 0 Å². The van der Waals surface area contributed by atoms with Crippen molar-refractivity contribution in [2.45, 2.75) is 116 Å². The van der Waals surface area contributed by atoms with Gasteiger partial charge < -0.3 is 46.2 Å². The van der Waals surface area contributed by atoms with Crippen LogP contribution in [0.25, 0.3) is 0 Å². The Morgan fingerprint density at radius 2 is 1.14 bits per heavy atom. The molecule has 0 unspecified atom stereocenters. The molecule has 22 nitrogen and oxygen atoms in total. The van der Waals surface area contributed by atoms with Crippen molar-refractivity contribution in [1.29, 1.82) is 0 Å². The smallest absolute Gasteiger partial charge is 0.410 e. The summed E-state index contributed by atoms with van der Waals surface area (Å²) in [7, 11) is -6.32. The highest BCUT2D eigenvalue weighted by Crippen LogP contribution is 2.37. The lowest BCUT2D eigenvalue weighted by Gasteiger charge is -2.32. The number of likely N-dealkylation sites (N-methyl/N-ethyl adjacent to an activating group) is 1. The number of hydrogen-bond acceptors (Lipinski definition) is 17. The van der Waals surface area contributed by atoms with E-state index in [1.54, 1.807) is 80.7 Å². The molecule has 6 heterocycles. The van der Waals surface area contributed by atoms with Crippen LogP contribution in [0.5, 0.6) is 0 Å². The number of rotatable bonds is 12. The van der Waals surface area contributed by atoms with E-state index in [1.807, 2.05) is 6.92 Å². The SMILES string of the molecule is CCCC(=O)O.CN(CC(=O)N1CCC(c2ncc(CNC(=O)c3ccc4c(c3)NC(=O)c3ccccc3S4(=O)=O)s2)CC1)C(=O)OC(C)(C)C.Cl.O=C(NCc1cnc(C2CCNCC2)s1)c1ccc2c(c1)NC(=O)c1ccccc1S2(=O)=O. The average Bonchev–Trinajstić information content (AvgIpc) is 1.82. The third kappa shape index (κ3) is 16.0. The normalized spacial score (nSPS) is 15.8. The summed E-state index contributed by atoms with van der Waals surface area (Å²) in [5.74, 6) is -2.09. The minimum atomic E-state index is -3.96. The number of benzene rings is 4. The second-order valence-corrected chi connectivity index (χ2v) is 27.3. The first-order valence-corrected chi connectivity index (χ1v) is 31.7. The molecule has 6 aromatic rings. The van der Waals surface area contributed by atoms with Crippen molar-refractivity contribution in [1.82, 2.24) is 35.7 Å². The van der Waals surface area contributed by atoms with Crippen LogP contribution in [-0.2, 0) is 47.1 Å². The monoisotopic (exact) mass is 1260 g/mol. The Morgan fingerprint density at radius 3 is 1.56 bits per heavy atom. The molecule has 0 aliphatic carbocycles. The summed E-state index contributed by atoms with van der Waals surface area (Å²) in [5, 5.41) is 24.2. The number of likely N-dealkylation sites (tertiary alicyclic amines) is 1. The first-order chi connectivity index (χ1) is 39.9. The first kappa shape index (κ1) is 64.9. The number of aromatic nitrogens is 2. The zero-order valence-corrected chi connectivity index (χ0v) is 51.3. The molecule has 10 rings (SSSR count). The quantitative estimate of drug-likeness (QED) is 0.0671. The molecule has 0 saturated carbocycles. The largest absolute Gasteiger partial charge is 0.481 e. The van der Waals surface area contributed by atoms with Gasteiger partial charge in [0.05, 0.1) is 65.2 Å². The summed E-state index contributed by atoms with van der Waals surface area (Å²) in [4.78, 5) is 99.3. The molecule has 0 spiro atoms. The van der Waals surface area contributed by atoms with Gasteiger partial charge in [-0.3, -0.25) is 28.8 Å². The summed E-state index contributed by atoms with van der Waals surface area (Å²) < 4.78 is 57.9. The van der Waals surface area contributed by atoms with Crippen molar-refractivity contribution in [2.24, 2.45) is 0 Å². The van der Waals surface area contributed by atoms with E-state index in [0.717, 1.165) is 65.0 Å². The minimum Gasteiger partial charge on any atom is -0.481 e. The standard InChI is InChI=1S/C31H35N5O7S2.C23H22N4O4S2.C4H8O2.ClH/c1-31(2,3)43-30(40)35(4)18-26(37)36-13-11-19(12-14-36)29-33-17-21(44-29)16-32-27(38)20-9-10-25-23(15-20)34-28(39)22-7-5-6-8-24(22)45(25,41)42;28-21(25-12-16-13-26-23(32-16)14-7-9-24-10-8-14)15-5-6-20-18(11-15)27-22(29)17-3-1-2-4-19(17)33(20,30)31;1-2-3-4(5)6;/h5-10,15,17,19H,11-14,16,18H2,1-4H3,(H,32,38)(H,34,39);1-6,11,13-14,24H,7-10,12H2,(H,25,28)(H,27,29);2-3H2,1H3,(H,5,6);1H. The average molecular weight is 1260 g/mol. The van der Waals surface area contributed by atoms with E-state index in [9.17, 15) is 50.4 Å². The predicted octanol–water partition coefficient (Wildman–Crippen LogP) is 8.28. The highest BCUT2D eigenvalue weighted by atomic mass is 35.5. The van der Waals surface area contributed by atoms with Crippen LogP contribution in [0.3, 0.4) is 0 Å². The molecule has 0 bridgehead atoms. The first-order valence-electron chi connectivity index (χ1n) is 27.1. The van der Waals surface area contributed by atoms with Gasteiger partial charge in [0, 0.05) is 71.7 Å². The Labute approximate surface area is 506 Å². The number of amides is 6. The molecule has 0 atom stereocenters. The maximum Gasteiger partial charge on any atom is 0.410 e. The Morgan fingerprint density at radius 1 is 0.694 bits per heavy atom. The van der Waals surface area contributed by atoms with Gasteiger partial charge in [-0.15, -0.1) is 35.1 Å². The van der Waals surface area contributed by atoms with Crippen LogP contribution in [0.2, 0.25) is 0 Å². The number of sulfone groups is 2. The van der Waals surface area contributed by atoms with Crippen LogP contribution in [0.1, 0.15) is 139 Å². The van der Waals surface area contributed by atoms with Gasteiger partial charge >= 0.3 is 12.1 Å². The Kier molecular flexibility index (Phi) is 21.4. The van der Waals surface area contributed by atoms with Gasteiger partial charge in [0.25, 0.3) is 23.6 Å². The van der Waals surface area contributed by atoms with Crippen molar-refractivity contribution in [3.05, 3.63) is 139 Å². The van der Waals surface area contributed by atoms with Crippen molar-refractivity contribution in [3.8, 4) is 0 Å². The molecule has 2 fully saturated rings. The number of anilines is 2. The van der Waals surface area contributed by atoms with E-state index in [2.05, 4.69) is 36.6 Å². The van der Waals surface area contributed by atoms with E-state index >= 15 is 0 Å². The van der Waals surface area contributed by atoms with E-state index in [1.165, 1.54) is 76.9 Å². The predicted molar refractivity (Wildman–Crippen MR) is 321 cm³/mol. The summed E-state index contributed by atoms with van der Waals surface area (Å²) in [6, 6.07) is 20.4. The van der Waals surface area contributed by atoms with Gasteiger partial charge in [0.2, 0.25) is 25.6 Å². The molecule has 2 saturated heterocycles. The number of fused-ring (bicyclic) bond motifs is 4. The Hall–Kier alpha value is -7.62. The second-order valence-electron chi connectivity index (χ2n) is 21.2. The van der Waals surface area contributed by atoms with Crippen molar-refractivity contribution in [3.63, 3.8) is 0 Å². The molecule has 2 aromatic heterocycles. The van der Waals surface area contributed by atoms with E-state index in [4.69, 9.17) is 9.84 Å². The number of carboxylic acid groups (broad SMARTS) is 1.